The van der Waals surface area contributed by atoms with Crippen molar-refractivity contribution < 1.29 is 14.5 Å². The number of non-ortho nitro benzene ring substituents is 1. The van der Waals surface area contributed by atoms with Gasteiger partial charge in [0.2, 0.25) is 5.91 Å². The molecule has 7 heteroatoms. The lowest BCUT2D eigenvalue weighted by atomic mass is 9.75. The number of rotatable bonds is 4. The van der Waals surface area contributed by atoms with Gasteiger partial charge in [0.1, 0.15) is 0 Å². The van der Waals surface area contributed by atoms with Crippen molar-refractivity contribution in [3.05, 3.63) is 39.9 Å². The van der Waals surface area contributed by atoms with Crippen LogP contribution in [0.2, 0.25) is 0 Å². The molecule has 1 aromatic carbocycles. The molecule has 0 saturated carbocycles. The first kappa shape index (κ1) is 12.5. The van der Waals surface area contributed by atoms with Crippen LogP contribution < -0.4 is 11.3 Å². The molecule has 0 atom stereocenters. The zero-order valence-corrected chi connectivity index (χ0v) is 9.59. The molecule has 1 saturated heterocycles. The number of hydrogen-bond donors (Lipinski definition) is 2. The number of hydrazine groups is 1. The molecule has 1 aromatic rings. The number of nitrogens with one attached hydrogen (secondary N) is 1. The number of nitrogens with zero attached hydrogens (tertiary/aromatic N) is 1. The van der Waals surface area contributed by atoms with Gasteiger partial charge in [-0.2, -0.15) is 0 Å². The van der Waals surface area contributed by atoms with E-state index in [4.69, 9.17) is 10.6 Å². The van der Waals surface area contributed by atoms with E-state index in [-0.39, 0.29) is 18.0 Å². The highest BCUT2D eigenvalue weighted by Gasteiger charge is 2.42. The van der Waals surface area contributed by atoms with Crippen LogP contribution in [0.15, 0.2) is 24.3 Å². The van der Waals surface area contributed by atoms with E-state index in [9.17, 15) is 14.9 Å². The maximum absolute atomic E-state index is 11.4. The van der Waals surface area contributed by atoms with Crippen LogP contribution in [0.5, 0.6) is 0 Å². The molecule has 3 N–H and O–H groups in total. The quantitative estimate of drug-likeness (QED) is 0.345. The SMILES string of the molecule is NNC(=O)CC1(c2cccc([N+](=O)[O-])c2)COC1. The van der Waals surface area contributed by atoms with Crippen molar-refractivity contribution in [1.82, 2.24) is 5.43 Å². The molecular formula is C11H13N3O4. The Morgan fingerprint density at radius 1 is 1.56 bits per heavy atom. The van der Waals surface area contributed by atoms with E-state index in [1.165, 1.54) is 12.1 Å². The fraction of sp³-hybridized carbons (Fsp3) is 0.364. The van der Waals surface area contributed by atoms with Crippen LogP contribution >= 0.6 is 0 Å². The van der Waals surface area contributed by atoms with Crippen LogP contribution in [-0.4, -0.2) is 24.0 Å². The van der Waals surface area contributed by atoms with E-state index in [2.05, 4.69) is 5.43 Å². The third kappa shape index (κ3) is 2.18. The highest BCUT2D eigenvalue weighted by molar-refractivity contribution is 5.77. The van der Waals surface area contributed by atoms with Gasteiger partial charge in [-0.1, -0.05) is 12.1 Å². The summed E-state index contributed by atoms with van der Waals surface area (Å²) in [5.41, 5.74) is 2.30. The Labute approximate surface area is 103 Å². The molecule has 2 rings (SSSR count). The van der Waals surface area contributed by atoms with Gasteiger partial charge in [0.25, 0.3) is 5.69 Å². The summed E-state index contributed by atoms with van der Waals surface area (Å²) in [6, 6.07) is 6.26. The zero-order valence-electron chi connectivity index (χ0n) is 9.59. The Balaban J connectivity index is 2.29. The molecule has 0 bridgehead atoms. The number of nitrogens with two attached hydrogens (primary N) is 1. The van der Waals surface area contributed by atoms with E-state index in [1.54, 1.807) is 12.1 Å². The summed E-state index contributed by atoms with van der Waals surface area (Å²) in [7, 11) is 0. The van der Waals surface area contributed by atoms with Crippen molar-refractivity contribution in [3.63, 3.8) is 0 Å². The first-order valence-corrected chi connectivity index (χ1v) is 5.39. The lowest BCUT2D eigenvalue weighted by molar-refractivity contribution is -0.385. The topological polar surface area (TPSA) is 107 Å². The second-order valence-corrected chi connectivity index (χ2v) is 4.32. The van der Waals surface area contributed by atoms with Crippen molar-refractivity contribution in [2.24, 2.45) is 5.84 Å². The Morgan fingerprint density at radius 3 is 2.78 bits per heavy atom. The van der Waals surface area contributed by atoms with Gasteiger partial charge in [-0.15, -0.1) is 0 Å². The number of carbonyl (C=O) groups excluding carboxylic acids is 1. The Bertz CT molecular complexity index is 485. The molecule has 1 heterocycles. The average Bonchev–Trinajstić information content (AvgIpc) is 2.33. The van der Waals surface area contributed by atoms with Crippen molar-refractivity contribution in [2.75, 3.05) is 13.2 Å². The Morgan fingerprint density at radius 2 is 2.28 bits per heavy atom. The van der Waals surface area contributed by atoms with Gasteiger partial charge in [0, 0.05) is 18.6 Å². The first-order valence-electron chi connectivity index (χ1n) is 5.39. The lowest BCUT2D eigenvalue weighted by Crippen LogP contribution is -2.50. The van der Waals surface area contributed by atoms with E-state index in [0.717, 1.165) is 5.56 Å². The number of amides is 1. The van der Waals surface area contributed by atoms with E-state index >= 15 is 0 Å². The molecule has 1 aliphatic rings. The molecule has 18 heavy (non-hydrogen) atoms. The van der Waals surface area contributed by atoms with Crippen LogP contribution in [0.3, 0.4) is 0 Å². The molecule has 1 fully saturated rings. The molecule has 0 aromatic heterocycles. The van der Waals surface area contributed by atoms with Crippen LogP contribution in [0.1, 0.15) is 12.0 Å². The maximum atomic E-state index is 11.4. The van der Waals surface area contributed by atoms with Gasteiger partial charge in [0.05, 0.1) is 23.6 Å². The summed E-state index contributed by atoms with van der Waals surface area (Å²) in [5.74, 6) is 4.75. The fourth-order valence-corrected chi connectivity index (χ4v) is 2.03. The predicted molar refractivity (Wildman–Crippen MR) is 62.5 cm³/mol. The summed E-state index contributed by atoms with van der Waals surface area (Å²) in [6.45, 7) is 0.725. The highest BCUT2D eigenvalue weighted by Crippen LogP contribution is 2.37. The summed E-state index contributed by atoms with van der Waals surface area (Å²) in [6.07, 6.45) is 0.157. The van der Waals surface area contributed by atoms with Gasteiger partial charge in [-0.3, -0.25) is 20.3 Å². The largest absolute Gasteiger partial charge is 0.379 e. The molecule has 1 amide bonds. The molecule has 0 aliphatic carbocycles. The van der Waals surface area contributed by atoms with Gasteiger partial charge >= 0.3 is 0 Å². The smallest absolute Gasteiger partial charge is 0.269 e. The van der Waals surface area contributed by atoms with Gasteiger partial charge in [-0.25, -0.2) is 5.84 Å². The van der Waals surface area contributed by atoms with Gasteiger partial charge < -0.3 is 4.74 Å². The van der Waals surface area contributed by atoms with Crippen LogP contribution in [0, 0.1) is 10.1 Å². The number of nitro benzene ring substituents is 1. The normalized spacial score (nSPS) is 16.7. The number of ether oxygens (including phenoxy) is 1. The van der Waals surface area contributed by atoms with E-state index in [1.807, 2.05) is 0 Å². The first-order chi connectivity index (χ1) is 8.57. The van der Waals surface area contributed by atoms with Crippen LogP contribution in [0.25, 0.3) is 0 Å². The van der Waals surface area contributed by atoms with E-state index in [0.29, 0.717) is 13.2 Å². The highest BCUT2D eigenvalue weighted by atomic mass is 16.6. The number of hydrogen-bond acceptors (Lipinski definition) is 5. The predicted octanol–water partition coefficient (Wildman–Crippen LogP) is 0.243. The van der Waals surface area contributed by atoms with Crippen LogP contribution in [0.4, 0.5) is 5.69 Å². The maximum Gasteiger partial charge on any atom is 0.269 e. The molecule has 0 spiro atoms. The monoisotopic (exact) mass is 251 g/mol. The molecule has 0 radical (unpaired) electrons. The number of carbonyl (C=O) groups is 1. The molecule has 7 nitrogen and oxygen atoms in total. The minimum atomic E-state index is -0.504. The average molecular weight is 251 g/mol. The Kier molecular flexibility index (Phi) is 3.26. The second-order valence-electron chi connectivity index (χ2n) is 4.32. The third-order valence-electron chi connectivity index (χ3n) is 3.09. The zero-order chi connectivity index (χ0) is 13.2. The van der Waals surface area contributed by atoms with Gasteiger partial charge in [0.15, 0.2) is 0 Å². The third-order valence-corrected chi connectivity index (χ3v) is 3.09. The summed E-state index contributed by atoms with van der Waals surface area (Å²) >= 11 is 0. The van der Waals surface area contributed by atoms with Crippen molar-refractivity contribution in [3.8, 4) is 0 Å². The van der Waals surface area contributed by atoms with Crippen LogP contribution in [-0.2, 0) is 14.9 Å². The van der Waals surface area contributed by atoms with Gasteiger partial charge in [-0.05, 0) is 5.56 Å². The fourth-order valence-electron chi connectivity index (χ4n) is 2.03. The molecule has 0 unspecified atom stereocenters. The minimum Gasteiger partial charge on any atom is -0.379 e. The number of benzene rings is 1. The summed E-state index contributed by atoms with van der Waals surface area (Å²) < 4.78 is 5.15. The molecule has 96 valence electrons. The number of nitro groups is 1. The second kappa shape index (κ2) is 4.71. The van der Waals surface area contributed by atoms with Crippen molar-refractivity contribution in [2.45, 2.75) is 11.8 Å². The van der Waals surface area contributed by atoms with Crippen molar-refractivity contribution in [1.29, 1.82) is 0 Å². The van der Waals surface area contributed by atoms with Crippen molar-refractivity contribution >= 4 is 11.6 Å². The standard InChI is InChI=1S/C11H13N3O4/c12-13-10(15)5-11(6-18-7-11)8-2-1-3-9(4-8)14(16)17/h1-4H,5-7,12H2,(H,13,15). The molecular weight excluding hydrogens is 238 g/mol. The summed E-state index contributed by atoms with van der Waals surface area (Å²) in [5, 5.41) is 10.7. The molecule has 1 aliphatic heterocycles. The summed E-state index contributed by atoms with van der Waals surface area (Å²) in [4.78, 5) is 21.7. The Hall–Kier alpha value is -1.99. The van der Waals surface area contributed by atoms with E-state index < -0.39 is 10.3 Å². The lowest BCUT2D eigenvalue weighted by Gasteiger charge is -2.41. The minimum absolute atomic E-state index is 0.00642.